The number of aromatic nitrogens is 2. The Kier molecular flexibility index (Phi) is 7.46. The number of benzene rings is 2. The number of rotatable bonds is 8. The molecule has 0 bridgehead atoms. The summed E-state index contributed by atoms with van der Waals surface area (Å²) in [6.45, 7) is 6.39. The van der Waals surface area contributed by atoms with Crippen LogP contribution < -0.4 is 10.6 Å². The summed E-state index contributed by atoms with van der Waals surface area (Å²) in [6.07, 6.45) is 0.445. The van der Waals surface area contributed by atoms with Crippen LogP contribution in [-0.2, 0) is 11.3 Å². The van der Waals surface area contributed by atoms with Gasteiger partial charge in [0.2, 0.25) is 5.91 Å². The number of carbonyl (C=O) groups is 2. The van der Waals surface area contributed by atoms with E-state index in [1.807, 2.05) is 57.2 Å². The van der Waals surface area contributed by atoms with Crippen molar-refractivity contribution in [1.29, 1.82) is 5.26 Å². The second kappa shape index (κ2) is 10.3. The lowest BCUT2D eigenvalue weighted by Crippen LogP contribution is -2.53. The monoisotopic (exact) mass is 447 g/mol. The van der Waals surface area contributed by atoms with Crippen molar-refractivity contribution in [3.8, 4) is 6.07 Å². The summed E-state index contributed by atoms with van der Waals surface area (Å²) in [7, 11) is 0. The molecule has 33 heavy (non-hydrogen) atoms. The number of fused-ring (bicyclic) bond motifs is 1. The number of carbonyl (C=O) groups excluding carboxylic acids is 2. The first kappa shape index (κ1) is 24.0. The number of nitriles is 1. The number of para-hydroxylation sites is 1. The lowest BCUT2D eigenvalue weighted by Gasteiger charge is -2.30. The summed E-state index contributed by atoms with van der Waals surface area (Å²) >= 11 is 0. The highest BCUT2D eigenvalue weighted by atomic mass is 16.3. The zero-order valence-corrected chi connectivity index (χ0v) is 19.1. The molecule has 0 spiro atoms. The number of nitrogens with zero attached hydrogens (tertiary/aromatic N) is 3. The maximum atomic E-state index is 13.3. The molecule has 8 heteroatoms. The third-order valence-corrected chi connectivity index (χ3v) is 5.33. The van der Waals surface area contributed by atoms with Gasteiger partial charge in [-0.1, -0.05) is 51.1 Å². The lowest BCUT2D eigenvalue weighted by atomic mass is 9.86. The van der Waals surface area contributed by atoms with Crippen molar-refractivity contribution in [2.75, 3.05) is 13.2 Å². The molecule has 1 heterocycles. The van der Waals surface area contributed by atoms with Gasteiger partial charge in [0.05, 0.1) is 23.7 Å². The van der Waals surface area contributed by atoms with Crippen molar-refractivity contribution in [2.24, 2.45) is 5.41 Å². The van der Waals surface area contributed by atoms with Crippen LogP contribution in [0.5, 0.6) is 0 Å². The fourth-order valence-corrected chi connectivity index (χ4v) is 3.54. The van der Waals surface area contributed by atoms with Crippen molar-refractivity contribution in [3.63, 3.8) is 0 Å². The molecule has 172 valence electrons. The van der Waals surface area contributed by atoms with Gasteiger partial charge in [0, 0.05) is 18.5 Å². The van der Waals surface area contributed by atoms with E-state index in [4.69, 9.17) is 10.4 Å². The molecule has 0 aliphatic carbocycles. The van der Waals surface area contributed by atoms with Crippen LogP contribution in [0.3, 0.4) is 0 Å². The van der Waals surface area contributed by atoms with Crippen molar-refractivity contribution < 1.29 is 14.7 Å². The standard InChI is InChI=1S/C25H29N5O3/c1-25(2,3)22(24(33)27-13-6-14-31)28-23(32)21-19-7-4-5-8-20(19)30(29-21)16-18-11-9-17(15-26)10-12-18/h4-5,7-12,22,31H,6,13-14,16H2,1-3H3,(H,27,33)(H,28,32)/t22-/m1/s1. The van der Waals surface area contributed by atoms with E-state index in [2.05, 4.69) is 21.8 Å². The largest absolute Gasteiger partial charge is 0.396 e. The van der Waals surface area contributed by atoms with Gasteiger partial charge in [0.25, 0.3) is 5.91 Å². The molecular weight excluding hydrogens is 418 g/mol. The Morgan fingerprint density at radius 1 is 1.15 bits per heavy atom. The molecule has 0 unspecified atom stereocenters. The molecule has 1 atom stereocenters. The Labute approximate surface area is 193 Å². The first-order chi connectivity index (χ1) is 15.7. The number of amides is 2. The van der Waals surface area contributed by atoms with E-state index >= 15 is 0 Å². The average molecular weight is 448 g/mol. The summed E-state index contributed by atoms with van der Waals surface area (Å²) in [5.74, 6) is -0.729. The molecule has 0 fully saturated rings. The van der Waals surface area contributed by atoms with E-state index in [0.717, 1.165) is 11.1 Å². The molecule has 0 radical (unpaired) electrons. The molecule has 8 nitrogen and oxygen atoms in total. The fraction of sp³-hybridized carbons (Fsp3) is 0.360. The van der Waals surface area contributed by atoms with Crippen LogP contribution in [0, 0.1) is 16.7 Å². The summed E-state index contributed by atoms with van der Waals surface area (Å²) in [5.41, 5.74) is 2.04. The van der Waals surface area contributed by atoms with Crippen molar-refractivity contribution in [3.05, 3.63) is 65.4 Å². The van der Waals surface area contributed by atoms with Crippen LogP contribution in [-0.4, -0.2) is 45.9 Å². The Morgan fingerprint density at radius 3 is 2.48 bits per heavy atom. The van der Waals surface area contributed by atoms with Gasteiger partial charge in [-0.15, -0.1) is 0 Å². The first-order valence-corrected chi connectivity index (χ1v) is 10.9. The Morgan fingerprint density at radius 2 is 1.85 bits per heavy atom. The first-order valence-electron chi connectivity index (χ1n) is 10.9. The molecule has 0 aliphatic heterocycles. The maximum absolute atomic E-state index is 13.3. The predicted octanol–water partition coefficient (Wildman–Crippen LogP) is 2.60. The number of nitrogens with one attached hydrogen (secondary N) is 2. The predicted molar refractivity (Wildman–Crippen MR) is 125 cm³/mol. The van der Waals surface area contributed by atoms with Crippen LogP contribution in [0.25, 0.3) is 10.9 Å². The van der Waals surface area contributed by atoms with E-state index < -0.39 is 17.4 Å². The van der Waals surface area contributed by atoms with Crippen LogP contribution in [0.15, 0.2) is 48.5 Å². The van der Waals surface area contributed by atoms with E-state index in [1.165, 1.54) is 0 Å². The van der Waals surface area contributed by atoms with E-state index in [1.54, 1.807) is 16.8 Å². The van der Waals surface area contributed by atoms with Crippen LogP contribution in [0.4, 0.5) is 0 Å². The summed E-state index contributed by atoms with van der Waals surface area (Å²) in [5, 5.41) is 28.9. The summed E-state index contributed by atoms with van der Waals surface area (Å²) in [6, 6.07) is 16.0. The Bertz CT molecular complexity index is 1170. The summed E-state index contributed by atoms with van der Waals surface area (Å²) in [4.78, 5) is 26.0. The van der Waals surface area contributed by atoms with Crippen LogP contribution >= 0.6 is 0 Å². The molecule has 2 amide bonds. The third-order valence-electron chi connectivity index (χ3n) is 5.33. The van der Waals surface area contributed by atoms with E-state index in [9.17, 15) is 9.59 Å². The number of hydrogen-bond acceptors (Lipinski definition) is 5. The zero-order valence-electron chi connectivity index (χ0n) is 19.1. The van der Waals surface area contributed by atoms with Crippen LogP contribution in [0.1, 0.15) is 48.8 Å². The average Bonchev–Trinajstić information content (AvgIpc) is 3.15. The van der Waals surface area contributed by atoms with Gasteiger partial charge in [0.1, 0.15) is 6.04 Å². The highest BCUT2D eigenvalue weighted by molar-refractivity contribution is 6.06. The van der Waals surface area contributed by atoms with Gasteiger partial charge >= 0.3 is 0 Å². The number of hydrogen-bond donors (Lipinski definition) is 3. The normalized spacial score (nSPS) is 12.2. The smallest absolute Gasteiger partial charge is 0.273 e. The SMILES string of the molecule is CC(C)(C)[C@H](NC(=O)c1nn(Cc2ccc(C#N)cc2)c2ccccc12)C(=O)NCCCO. The molecule has 3 aromatic rings. The topological polar surface area (TPSA) is 120 Å². The summed E-state index contributed by atoms with van der Waals surface area (Å²) < 4.78 is 1.75. The minimum absolute atomic E-state index is 0.0184. The van der Waals surface area contributed by atoms with Crippen molar-refractivity contribution in [1.82, 2.24) is 20.4 Å². The number of aliphatic hydroxyl groups is 1. The molecule has 0 aliphatic rings. The van der Waals surface area contributed by atoms with Gasteiger partial charge < -0.3 is 15.7 Å². The van der Waals surface area contributed by atoms with Crippen molar-refractivity contribution >= 4 is 22.7 Å². The maximum Gasteiger partial charge on any atom is 0.273 e. The molecule has 3 rings (SSSR count). The van der Waals surface area contributed by atoms with E-state index in [-0.39, 0.29) is 18.2 Å². The quantitative estimate of drug-likeness (QED) is 0.459. The lowest BCUT2D eigenvalue weighted by molar-refractivity contribution is -0.125. The van der Waals surface area contributed by atoms with Gasteiger partial charge in [-0.3, -0.25) is 14.3 Å². The zero-order chi connectivity index (χ0) is 24.0. The molecular formula is C25H29N5O3. The Balaban J connectivity index is 1.88. The van der Waals surface area contributed by atoms with Gasteiger partial charge in [-0.2, -0.15) is 10.4 Å². The van der Waals surface area contributed by atoms with Gasteiger partial charge in [-0.25, -0.2) is 0 Å². The number of aliphatic hydroxyl groups excluding tert-OH is 1. The minimum Gasteiger partial charge on any atom is -0.396 e. The van der Waals surface area contributed by atoms with Gasteiger partial charge in [0.15, 0.2) is 5.69 Å². The van der Waals surface area contributed by atoms with Crippen molar-refractivity contribution in [2.45, 2.75) is 39.8 Å². The molecule has 2 aromatic carbocycles. The Hall–Kier alpha value is -3.70. The molecule has 0 saturated carbocycles. The fourth-order valence-electron chi connectivity index (χ4n) is 3.54. The molecule has 3 N–H and O–H groups in total. The second-order valence-corrected chi connectivity index (χ2v) is 8.97. The highest BCUT2D eigenvalue weighted by Gasteiger charge is 2.33. The molecule has 1 aromatic heterocycles. The highest BCUT2D eigenvalue weighted by Crippen LogP contribution is 2.23. The molecule has 0 saturated heterocycles. The van der Waals surface area contributed by atoms with Crippen LogP contribution in [0.2, 0.25) is 0 Å². The van der Waals surface area contributed by atoms with E-state index in [0.29, 0.717) is 30.5 Å². The second-order valence-electron chi connectivity index (χ2n) is 8.97. The third kappa shape index (κ3) is 5.76. The van der Waals surface area contributed by atoms with Gasteiger partial charge in [-0.05, 0) is 35.6 Å². The minimum atomic E-state index is -0.772.